The molecule has 1 aromatic carbocycles. The molecule has 0 aliphatic heterocycles. The van der Waals surface area contributed by atoms with Crippen LogP contribution in [-0.2, 0) is 6.42 Å². The topological polar surface area (TPSA) is 15.3 Å². The molecule has 0 amide bonds. The van der Waals surface area contributed by atoms with Crippen LogP contribution in [0.5, 0.6) is 0 Å². The second-order valence-electron chi connectivity index (χ2n) is 4.58. The lowest BCUT2D eigenvalue weighted by molar-refractivity contribution is 0.341. The molecule has 2 nitrogen and oxygen atoms in total. The van der Waals surface area contributed by atoms with Gasteiger partial charge in [-0.1, -0.05) is 35.0 Å². The second kappa shape index (κ2) is 7.85. The summed E-state index contributed by atoms with van der Waals surface area (Å²) in [6.07, 6.45) is 1.09. The van der Waals surface area contributed by atoms with Crippen molar-refractivity contribution in [1.29, 1.82) is 0 Å². The molecule has 1 atom stereocenters. The van der Waals surface area contributed by atoms with Crippen molar-refractivity contribution in [1.82, 2.24) is 10.2 Å². The summed E-state index contributed by atoms with van der Waals surface area (Å²) in [6.45, 7) is 7.71. The van der Waals surface area contributed by atoms with Crippen LogP contribution in [0, 0.1) is 0 Å². The van der Waals surface area contributed by atoms with Crippen molar-refractivity contribution in [3.63, 3.8) is 0 Å². The number of hydrogen-bond donors (Lipinski definition) is 1. The zero-order valence-corrected chi connectivity index (χ0v) is 12.6. The Kier molecular flexibility index (Phi) is 6.78. The minimum Gasteiger partial charge on any atom is -0.313 e. The van der Waals surface area contributed by atoms with Gasteiger partial charge in [0.15, 0.2) is 0 Å². The van der Waals surface area contributed by atoms with Crippen LogP contribution >= 0.6 is 15.9 Å². The fourth-order valence-corrected chi connectivity index (χ4v) is 1.97. The first-order valence-electron chi connectivity index (χ1n) is 6.28. The number of halogens is 1. The Labute approximate surface area is 114 Å². The summed E-state index contributed by atoms with van der Waals surface area (Å²) in [5.41, 5.74) is 1.39. The number of rotatable bonds is 7. The first-order chi connectivity index (χ1) is 8.11. The second-order valence-corrected chi connectivity index (χ2v) is 5.50. The van der Waals surface area contributed by atoms with Crippen molar-refractivity contribution >= 4 is 15.9 Å². The standard InChI is InChI=1S/C14H23BrN2/c1-4-17(3)10-9-16-12(2)11-13-5-7-14(15)8-6-13/h5-8,12,16H,4,9-11H2,1-3H3. The highest BCUT2D eigenvalue weighted by Crippen LogP contribution is 2.11. The van der Waals surface area contributed by atoms with Gasteiger partial charge in [0.25, 0.3) is 0 Å². The van der Waals surface area contributed by atoms with E-state index in [1.54, 1.807) is 0 Å². The summed E-state index contributed by atoms with van der Waals surface area (Å²) in [7, 11) is 2.15. The third-order valence-corrected chi connectivity index (χ3v) is 3.51. The molecule has 0 aliphatic carbocycles. The maximum Gasteiger partial charge on any atom is 0.0175 e. The van der Waals surface area contributed by atoms with Crippen molar-refractivity contribution in [2.75, 3.05) is 26.7 Å². The van der Waals surface area contributed by atoms with Gasteiger partial charge >= 0.3 is 0 Å². The smallest absolute Gasteiger partial charge is 0.0175 e. The quantitative estimate of drug-likeness (QED) is 0.833. The Morgan fingerprint density at radius 1 is 1.29 bits per heavy atom. The zero-order chi connectivity index (χ0) is 12.7. The SMILES string of the molecule is CCN(C)CCNC(C)Cc1ccc(Br)cc1. The molecule has 1 aromatic rings. The number of benzene rings is 1. The summed E-state index contributed by atoms with van der Waals surface area (Å²) in [5, 5.41) is 3.56. The molecule has 0 fully saturated rings. The molecule has 3 heteroatoms. The highest BCUT2D eigenvalue weighted by atomic mass is 79.9. The predicted molar refractivity (Wildman–Crippen MR) is 78.5 cm³/mol. The van der Waals surface area contributed by atoms with Gasteiger partial charge in [-0.3, -0.25) is 0 Å². The van der Waals surface area contributed by atoms with E-state index in [1.165, 1.54) is 5.56 Å². The van der Waals surface area contributed by atoms with Crippen LogP contribution in [0.15, 0.2) is 28.7 Å². The van der Waals surface area contributed by atoms with Crippen LogP contribution in [0.2, 0.25) is 0 Å². The van der Waals surface area contributed by atoms with Crippen LogP contribution in [0.4, 0.5) is 0 Å². The zero-order valence-electron chi connectivity index (χ0n) is 11.0. The Hall–Kier alpha value is -0.380. The molecule has 96 valence electrons. The normalized spacial score (nSPS) is 13.0. The van der Waals surface area contributed by atoms with E-state index in [-0.39, 0.29) is 0 Å². The highest BCUT2D eigenvalue weighted by Gasteiger charge is 2.03. The van der Waals surface area contributed by atoms with Gasteiger partial charge in [0.1, 0.15) is 0 Å². The van der Waals surface area contributed by atoms with Crippen molar-refractivity contribution in [3.05, 3.63) is 34.3 Å². The molecule has 0 saturated carbocycles. The minimum absolute atomic E-state index is 0.529. The van der Waals surface area contributed by atoms with Crippen LogP contribution in [0.3, 0.4) is 0 Å². The van der Waals surface area contributed by atoms with E-state index in [4.69, 9.17) is 0 Å². The maximum atomic E-state index is 3.56. The first kappa shape index (κ1) is 14.7. The molecule has 1 rings (SSSR count). The minimum atomic E-state index is 0.529. The lowest BCUT2D eigenvalue weighted by atomic mass is 10.1. The Morgan fingerprint density at radius 3 is 2.53 bits per heavy atom. The van der Waals surface area contributed by atoms with Crippen LogP contribution in [0.1, 0.15) is 19.4 Å². The molecular formula is C14H23BrN2. The van der Waals surface area contributed by atoms with Crippen molar-refractivity contribution in [2.24, 2.45) is 0 Å². The number of likely N-dealkylation sites (N-methyl/N-ethyl adjacent to an activating group) is 1. The van der Waals surface area contributed by atoms with Gasteiger partial charge in [-0.2, -0.15) is 0 Å². The molecule has 0 bridgehead atoms. The van der Waals surface area contributed by atoms with E-state index in [1.807, 2.05) is 0 Å². The van der Waals surface area contributed by atoms with Gasteiger partial charge in [0.05, 0.1) is 0 Å². The number of hydrogen-bond acceptors (Lipinski definition) is 2. The fraction of sp³-hybridized carbons (Fsp3) is 0.571. The van der Waals surface area contributed by atoms with Gasteiger partial charge in [-0.15, -0.1) is 0 Å². The van der Waals surface area contributed by atoms with Crippen LogP contribution < -0.4 is 5.32 Å². The summed E-state index contributed by atoms with van der Waals surface area (Å²) in [5.74, 6) is 0. The Morgan fingerprint density at radius 2 is 1.94 bits per heavy atom. The van der Waals surface area contributed by atoms with Gasteiger partial charge in [0, 0.05) is 23.6 Å². The summed E-state index contributed by atoms with van der Waals surface area (Å²) < 4.78 is 1.14. The third kappa shape index (κ3) is 6.20. The van der Waals surface area contributed by atoms with Crippen molar-refractivity contribution < 1.29 is 0 Å². The molecular weight excluding hydrogens is 276 g/mol. The first-order valence-corrected chi connectivity index (χ1v) is 7.07. The molecule has 0 saturated heterocycles. The van der Waals surface area contributed by atoms with Gasteiger partial charge in [0.2, 0.25) is 0 Å². The van der Waals surface area contributed by atoms with Crippen LogP contribution in [0.25, 0.3) is 0 Å². The van der Waals surface area contributed by atoms with E-state index >= 15 is 0 Å². The molecule has 17 heavy (non-hydrogen) atoms. The highest BCUT2D eigenvalue weighted by molar-refractivity contribution is 9.10. The molecule has 0 aliphatic rings. The average molecular weight is 299 g/mol. The molecule has 1 unspecified atom stereocenters. The summed E-state index contributed by atoms with van der Waals surface area (Å²) >= 11 is 3.46. The number of nitrogens with zero attached hydrogens (tertiary/aromatic N) is 1. The Balaban J connectivity index is 2.25. The molecule has 0 heterocycles. The van der Waals surface area contributed by atoms with Crippen LogP contribution in [-0.4, -0.2) is 37.6 Å². The van der Waals surface area contributed by atoms with E-state index in [0.717, 1.165) is 30.5 Å². The molecule has 1 N–H and O–H groups in total. The van der Waals surface area contributed by atoms with Gasteiger partial charge in [-0.25, -0.2) is 0 Å². The van der Waals surface area contributed by atoms with E-state index in [0.29, 0.717) is 6.04 Å². The lowest BCUT2D eigenvalue weighted by Gasteiger charge is -2.18. The van der Waals surface area contributed by atoms with Crippen molar-refractivity contribution in [2.45, 2.75) is 26.3 Å². The molecule has 0 spiro atoms. The van der Waals surface area contributed by atoms with E-state index in [2.05, 4.69) is 71.3 Å². The predicted octanol–water partition coefficient (Wildman–Crippen LogP) is 2.92. The fourth-order valence-electron chi connectivity index (χ4n) is 1.71. The largest absolute Gasteiger partial charge is 0.313 e. The third-order valence-electron chi connectivity index (χ3n) is 2.98. The van der Waals surface area contributed by atoms with Gasteiger partial charge < -0.3 is 10.2 Å². The van der Waals surface area contributed by atoms with Crippen molar-refractivity contribution in [3.8, 4) is 0 Å². The van der Waals surface area contributed by atoms with E-state index in [9.17, 15) is 0 Å². The monoisotopic (exact) mass is 298 g/mol. The van der Waals surface area contributed by atoms with Gasteiger partial charge in [-0.05, 0) is 44.6 Å². The Bertz CT molecular complexity index is 311. The molecule has 0 radical (unpaired) electrons. The average Bonchev–Trinajstić information content (AvgIpc) is 2.32. The summed E-state index contributed by atoms with van der Waals surface area (Å²) in [6, 6.07) is 9.10. The molecule has 0 aromatic heterocycles. The number of nitrogens with one attached hydrogen (secondary N) is 1. The van der Waals surface area contributed by atoms with E-state index < -0.39 is 0 Å². The maximum absolute atomic E-state index is 3.56. The summed E-state index contributed by atoms with van der Waals surface area (Å²) in [4.78, 5) is 2.32. The lowest BCUT2D eigenvalue weighted by Crippen LogP contribution is -2.35.